The molecule has 8 heavy (non-hydrogen) atoms. The minimum Gasteiger partial charge on any atom is -0.401 e. The Labute approximate surface area is 51.0 Å². The van der Waals surface area contributed by atoms with E-state index >= 15 is 0 Å². The Morgan fingerprint density at radius 2 is 1.62 bits per heavy atom. The van der Waals surface area contributed by atoms with Gasteiger partial charge in [-0.1, -0.05) is 0 Å². The SMILES string of the molecule is CC(N)=C(C)N(C)C. The lowest BCUT2D eigenvalue weighted by molar-refractivity contribution is 0.506. The first-order chi connectivity index (χ1) is 3.55. The van der Waals surface area contributed by atoms with E-state index < -0.39 is 0 Å². The summed E-state index contributed by atoms with van der Waals surface area (Å²) in [4.78, 5) is 2.00. The standard InChI is InChI=1S/C6H14N2/c1-5(7)6(2)8(3)4/h7H2,1-4H3. The normalized spacial score (nSPS) is 13.0. The van der Waals surface area contributed by atoms with Gasteiger partial charge in [0.25, 0.3) is 0 Å². The van der Waals surface area contributed by atoms with Crippen molar-refractivity contribution in [3.05, 3.63) is 11.4 Å². The Balaban J connectivity index is 4.00. The van der Waals surface area contributed by atoms with Crippen molar-refractivity contribution in [2.75, 3.05) is 14.1 Å². The van der Waals surface area contributed by atoms with Crippen LogP contribution in [0.1, 0.15) is 13.8 Å². The van der Waals surface area contributed by atoms with Crippen molar-refractivity contribution in [1.82, 2.24) is 4.90 Å². The van der Waals surface area contributed by atoms with Crippen LogP contribution in [0.2, 0.25) is 0 Å². The summed E-state index contributed by atoms with van der Waals surface area (Å²) in [6.07, 6.45) is 0. The molecule has 0 aromatic carbocycles. The molecular weight excluding hydrogens is 100 g/mol. The Morgan fingerprint density at radius 1 is 1.25 bits per heavy atom. The predicted molar refractivity (Wildman–Crippen MR) is 36.2 cm³/mol. The predicted octanol–water partition coefficient (Wildman–Crippen LogP) is 0.758. The van der Waals surface area contributed by atoms with Crippen LogP contribution >= 0.6 is 0 Å². The molecule has 0 aliphatic rings. The Hall–Kier alpha value is -0.660. The molecule has 0 bridgehead atoms. The summed E-state index contributed by atoms with van der Waals surface area (Å²) >= 11 is 0. The fourth-order valence-corrected chi connectivity index (χ4v) is 0.353. The van der Waals surface area contributed by atoms with E-state index in [9.17, 15) is 0 Å². The van der Waals surface area contributed by atoms with E-state index in [1.807, 2.05) is 32.8 Å². The number of nitrogens with two attached hydrogens (primary N) is 1. The fourth-order valence-electron chi connectivity index (χ4n) is 0.353. The van der Waals surface area contributed by atoms with E-state index in [2.05, 4.69) is 0 Å². The van der Waals surface area contributed by atoms with Gasteiger partial charge in [0.2, 0.25) is 0 Å². The zero-order chi connectivity index (χ0) is 6.73. The Morgan fingerprint density at radius 3 is 1.62 bits per heavy atom. The van der Waals surface area contributed by atoms with Crippen molar-refractivity contribution in [2.24, 2.45) is 5.73 Å². The summed E-state index contributed by atoms with van der Waals surface area (Å²) in [6, 6.07) is 0. The van der Waals surface area contributed by atoms with Crippen LogP contribution in [0.3, 0.4) is 0 Å². The van der Waals surface area contributed by atoms with Gasteiger partial charge in [0.15, 0.2) is 0 Å². The van der Waals surface area contributed by atoms with Gasteiger partial charge in [-0.05, 0) is 13.8 Å². The lowest BCUT2D eigenvalue weighted by Gasteiger charge is -2.13. The topological polar surface area (TPSA) is 29.3 Å². The summed E-state index contributed by atoms with van der Waals surface area (Å²) in [7, 11) is 3.96. The van der Waals surface area contributed by atoms with Gasteiger partial charge >= 0.3 is 0 Å². The van der Waals surface area contributed by atoms with Crippen LogP contribution in [-0.4, -0.2) is 19.0 Å². The van der Waals surface area contributed by atoms with E-state index in [4.69, 9.17) is 5.73 Å². The monoisotopic (exact) mass is 114 g/mol. The molecule has 2 nitrogen and oxygen atoms in total. The maximum atomic E-state index is 5.47. The summed E-state index contributed by atoms with van der Waals surface area (Å²) in [6.45, 7) is 3.89. The minimum atomic E-state index is 0.884. The van der Waals surface area contributed by atoms with Gasteiger partial charge in [0, 0.05) is 25.5 Å². The molecule has 0 amide bonds. The van der Waals surface area contributed by atoms with Crippen molar-refractivity contribution in [3.63, 3.8) is 0 Å². The summed E-state index contributed by atoms with van der Waals surface area (Å²) in [5.41, 5.74) is 7.49. The van der Waals surface area contributed by atoms with Gasteiger partial charge in [0.1, 0.15) is 0 Å². The van der Waals surface area contributed by atoms with Crippen molar-refractivity contribution in [1.29, 1.82) is 0 Å². The molecule has 2 N–H and O–H groups in total. The molecule has 0 aliphatic heterocycles. The Bertz CT molecular complexity index is 99.1. The second-order valence-electron chi connectivity index (χ2n) is 2.16. The number of nitrogens with zero attached hydrogens (tertiary/aromatic N) is 1. The molecule has 0 unspecified atom stereocenters. The lowest BCUT2D eigenvalue weighted by atomic mass is 10.4. The zero-order valence-corrected chi connectivity index (χ0v) is 6.02. The molecule has 2 heteroatoms. The maximum Gasteiger partial charge on any atom is 0.0283 e. The summed E-state index contributed by atoms with van der Waals surface area (Å²) in [5.74, 6) is 0. The molecule has 48 valence electrons. The minimum absolute atomic E-state index is 0.884. The number of allylic oxidation sites excluding steroid dienone is 2. The van der Waals surface area contributed by atoms with Crippen molar-refractivity contribution < 1.29 is 0 Å². The maximum absolute atomic E-state index is 5.47. The van der Waals surface area contributed by atoms with Crippen molar-refractivity contribution in [2.45, 2.75) is 13.8 Å². The van der Waals surface area contributed by atoms with Crippen LogP contribution in [-0.2, 0) is 0 Å². The largest absolute Gasteiger partial charge is 0.401 e. The van der Waals surface area contributed by atoms with Crippen LogP contribution in [0.5, 0.6) is 0 Å². The number of hydrogen-bond acceptors (Lipinski definition) is 2. The van der Waals surface area contributed by atoms with E-state index in [1.165, 1.54) is 0 Å². The molecule has 0 saturated heterocycles. The molecule has 0 aromatic rings. The van der Waals surface area contributed by atoms with E-state index in [0.717, 1.165) is 11.4 Å². The van der Waals surface area contributed by atoms with Crippen molar-refractivity contribution in [3.8, 4) is 0 Å². The summed E-state index contributed by atoms with van der Waals surface area (Å²) < 4.78 is 0. The van der Waals surface area contributed by atoms with Gasteiger partial charge in [-0.15, -0.1) is 0 Å². The van der Waals surface area contributed by atoms with Gasteiger partial charge in [-0.3, -0.25) is 0 Å². The second kappa shape index (κ2) is 2.60. The first kappa shape index (κ1) is 7.34. The second-order valence-corrected chi connectivity index (χ2v) is 2.16. The first-order valence-corrected chi connectivity index (χ1v) is 2.66. The third-order valence-electron chi connectivity index (χ3n) is 1.24. The number of rotatable bonds is 1. The van der Waals surface area contributed by atoms with Gasteiger partial charge in [0.05, 0.1) is 0 Å². The van der Waals surface area contributed by atoms with E-state index in [-0.39, 0.29) is 0 Å². The molecule has 0 saturated carbocycles. The van der Waals surface area contributed by atoms with Crippen LogP contribution in [0.4, 0.5) is 0 Å². The lowest BCUT2D eigenvalue weighted by Crippen LogP contribution is -2.12. The molecule has 0 rings (SSSR count). The highest BCUT2D eigenvalue weighted by Gasteiger charge is 1.91. The quantitative estimate of drug-likeness (QED) is 0.545. The first-order valence-electron chi connectivity index (χ1n) is 2.66. The number of hydrogen-bond donors (Lipinski definition) is 1. The third kappa shape index (κ3) is 1.87. The van der Waals surface area contributed by atoms with Crippen LogP contribution < -0.4 is 5.73 Å². The third-order valence-corrected chi connectivity index (χ3v) is 1.24. The zero-order valence-electron chi connectivity index (χ0n) is 6.02. The molecule has 0 heterocycles. The van der Waals surface area contributed by atoms with Gasteiger partial charge < -0.3 is 10.6 Å². The van der Waals surface area contributed by atoms with Crippen molar-refractivity contribution >= 4 is 0 Å². The fraction of sp³-hybridized carbons (Fsp3) is 0.667. The van der Waals surface area contributed by atoms with E-state index in [0.29, 0.717) is 0 Å². The molecule has 0 aromatic heterocycles. The molecule has 0 spiro atoms. The molecule has 0 atom stereocenters. The average Bonchev–Trinajstić information content (AvgIpc) is 1.64. The van der Waals surface area contributed by atoms with E-state index in [1.54, 1.807) is 0 Å². The smallest absolute Gasteiger partial charge is 0.0283 e. The van der Waals surface area contributed by atoms with Gasteiger partial charge in [-0.25, -0.2) is 0 Å². The molecule has 0 radical (unpaired) electrons. The molecular formula is C6H14N2. The highest BCUT2D eigenvalue weighted by atomic mass is 15.1. The average molecular weight is 114 g/mol. The Kier molecular flexibility index (Phi) is 2.38. The summed E-state index contributed by atoms with van der Waals surface area (Å²) in [5, 5.41) is 0. The highest BCUT2D eigenvalue weighted by Crippen LogP contribution is 1.97. The molecule has 0 fully saturated rings. The molecule has 0 aliphatic carbocycles. The van der Waals surface area contributed by atoms with Crippen LogP contribution in [0.25, 0.3) is 0 Å². The highest BCUT2D eigenvalue weighted by molar-refractivity contribution is 5.02. The van der Waals surface area contributed by atoms with Gasteiger partial charge in [-0.2, -0.15) is 0 Å². The van der Waals surface area contributed by atoms with Crippen LogP contribution in [0.15, 0.2) is 11.4 Å². The van der Waals surface area contributed by atoms with Crippen LogP contribution in [0, 0.1) is 0 Å².